The number of benzene rings is 1. The third-order valence-corrected chi connectivity index (χ3v) is 2.78. The first-order chi connectivity index (χ1) is 6.34. The maximum Gasteiger partial charge on any atom is 0.219 e. The molecule has 0 aliphatic carbocycles. The second kappa shape index (κ2) is 6.06. The number of rotatable bonds is 4. The van der Waals surface area contributed by atoms with E-state index in [1.54, 1.807) is 0 Å². The van der Waals surface area contributed by atoms with Crippen molar-refractivity contribution in [3.63, 3.8) is 0 Å². The summed E-state index contributed by atoms with van der Waals surface area (Å²) in [5.74, 6) is 1.42. The normalized spacial score (nSPS) is 9.92. The van der Waals surface area contributed by atoms with Gasteiger partial charge in [-0.25, -0.2) is 0 Å². The summed E-state index contributed by atoms with van der Waals surface area (Å²) in [5.41, 5.74) is 0.766. The van der Waals surface area contributed by atoms with Crippen LogP contribution in [0.1, 0.15) is 16.8 Å². The van der Waals surface area contributed by atoms with Crippen LogP contribution >= 0.6 is 23.4 Å². The Labute approximate surface area is 87.5 Å². The topological polar surface area (TPSA) is 17.1 Å². The highest BCUT2D eigenvalue weighted by Gasteiger charge is 2.03. The molecule has 0 saturated heterocycles. The van der Waals surface area contributed by atoms with Crippen molar-refractivity contribution in [1.82, 2.24) is 0 Å². The maximum atomic E-state index is 11.4. The van der Waals surface area contributed by atoms with E-state index in [-0.39, 0.29) is 5.12 Å². The molecule has 1 aromatic carbocycles. The van der Waals surface area contributed by atoms with Crippen molar-refractivity contribution in [2.24, 2.45) is 0 Å². The number of carbonyl (C=O) groups excluding carboxylic acids is 1. The predicted octanol–water partition coefficient (Wildman–Crippen LogP) is 3.19. The Bertz CT molecular complexity index is 261. The summed E-state index contributed by atoms with van der Waals surface area (Å²) in [6.45, 7) is 0. The first-order valence-electron chi connectivity index (χ1n) is 4.12. The van der Waals surface area contributed by atoms with Crippen molar-refractivity contribution in [3.8, 4) is 0 Å². The van der Waals surface area contributed by atoms with Gasteiger partial charge >= 0.3 is 0 Å². The van der Waals surface area contributed by atoms with Gasteiger partial charge in [0.1, 0.15) is 0 Å². The molecule has 3 heteroatoms. The fraction of sp³-hybridized carbons (Fsp3) is 0.300. The average Bonchev–Trinajstić information content (AvgIpc) is 2.19. The molecule has 1 rings (SSSR count). The molecule has 0 aliphatic rings. The van der Waals surface area contributed by atoms with E-state index >= 15 is 0 Å². The van der Waals surface area contributed by atoms with E-state index in [0.29, 0.717) is 5.88 Å². The van der Waals surface area contributed by atoms with Crippen molar-refractivity contribution in [1.29, 1.82) is 0 Å². The molecule has 1 nitrogen and oxygen atoms in total. The molecule has 0 amide bonds. The molecule has 0 radical (unpaired) electrons. The number of alkyl halides is 1. The lowest BCUT2D eigenvalue weighted by Gasteiger charge is -1.98. The highest BCUT2D eigenvalue weighted by molar-refractivity contribution is 8.14. The minimum Gasteiger partial charge on any atom is -0.282 e. The zero-order valence-corrected chi connectivity index (χ0v) is 8.77. The zero-order chi connectivity index (χ0) is 9.52. The minimum absolute atomic E-state index is 0.130. The second-order valence-corrected chi connectivity index (χ2v) is 3.99. The SMILES string of the molecule is O=C(SCCCCl)c1ccccc1. The molecular formula is C10H11ClOS. The Balaban J connectivity index is 2.40. The molecule has 13 heavy (non-hydrogen) atoms. The molecule has 0 bridgehead atoms. The van der Waals surface area contributed by atoms with Crippen LogP contribution in [-0.4, -0.2) is 16.7 Å². The van der Waals surface area contributed by atoms with Gasteiger partial charge in [-0.2, -0.15) is 0 Å². The van der Waals surface area contributed by atoms with Gasteiger partial charge in [-0.05, 0) is 6.42 Å². The first-order valence-corrected chi connectivity index (χ1v) is 5.64. The monoisotopic (exact) mass is 214 g/mol. The number of hydrogen-bond donors (Lipinski definition) is 0. The smallest absolute Gasteiger partial charge is 0.219 e. The lowest BCUT2D eigenvalue weighted by Crippen LogP contribution is -1.94. The van der Waals surface area contributed by atoms with Crippen LogP contribution in [0, 0.1) is 0 Å². The van der Waals surface area contributed by atoms with E-state index in [0.717, 1.165) is 17.7 Å². The van der Waals surface area contributed by atoms with Crippen molar-refractivity contribution in [2.45, 2.75) is 6.42 Å². The van der Waals surface area contributed by atoms with Crippen LogP contribution in [-0.2, 0) is 0 Å². The Kier molecular flexibility index (Phi) is 4.94. The minimum atomic E-state index is 0.130. The predicted molar refractivity (Wildman–Crippen MR) is 58.6 cm³/mol. The van der Waals surface area contributed by atoms with Gasteiger partial charge in [0.25, 0.3) is 0 Å². The summed E-state index contributed by atoms with van der Waals surface area (Å²) < 4.78 is 0. The Morgan fingerprint density at radius 2 is 2.00 bits per heavy atom. The zero-order valence-electron chi connectivity index (χ0n) is 7.20. The first kappa shape index (κ1) is 10.6. The summed E-state index contributed by atoms with van der Waals surface area (Å²) in [7, 11) is 0. The fourth-order valence-electron chi connectivity index (χ4n) is 0.877. The third kappa shape index (κ3) is 3.83. The Morgan fingerprint density at radius 1 is 1.31 bits per heavy atom. The molecule has 0 spiro atoms. The highest BCUT2D eigenvalue weighted by atomic mass is 35.5. The van der Waals surface area contributed by atoms with Gasteiger partial charge in [0.15, 0.2) is 0 Å². The van der Waals surface area contributed by atoms with Gasteiger partial charge in [0.2, 0.25) is 5.12 Å². The molecule has 0 aliphatic heterocycles. The molecule has 70 valence electrons. The standard InChI is InChI=1S/C10H11ClOS/c11-7-4-8-13-10(12)9-5-2-1-3-6-9/h1-3,5-6H,4,7-8H2. The van der Waals surface area contributed by atoms with E-state index in [9.17, 15) is 4.79 Å². The largest absolute Gasteiger partial charge is 0.282 e. The molecule has 0 aromatic heterocycles. The van der Waals surface area contributed by atoms with Crippen LogP contribution in [0.2, 0.25) is 0 Å². The van der Waals surface area contributed by atoms with Crippen LogP contribution in [0.4, 0.5) is 0 Å². The number of thioether (sulfide) groups is 1. The van der Waals surface area contributed by atoms with E-state index in [1.165, 1.54) is 11.8 Å². The van der Waals surface area contributed by atoms with Crippen LogP contribution in [0.3, 0.4) is 0 Å². The summed E-state index contributed by atoms with van der Waals surface area (Å²) in [5, 5.41) is 0.130. The molecule has 1 aromatic rings. The number of carbonyl (C=O) groups is 1. The van der Waals surface area contributed by atoms with Crippen molar-refractivity contribution < 1.29 is 4.79 Å². The molecular weight excluding hydrogens is 204 g/mol. The van der Waals surface area contributed by atoms with Gasteiger partial charge in [-0.1, -0.05) is 42.1 Å². The van der Waals surface area contributed by atoms with Gasteiger partial charge in [0.05, 0.1) is 0 Å². The molecule has 0 unspecified atom stereocenters. The summed E-state index contributed by atoms with van der Waals surface area (Å²) in [6.07, 6.45) is 0.880. The van der Waals surface area contributed by atoms with Crippen molar-refractivity contribution in [3.05, 3.63) is 35.9 Å². The summed E-state index contributed by atoms with van der Waals surface area (Å²) >= 11 is 6.84. The fourth-order valence-corrected chi connectivity index (χ4v) is 1.95. The van der Waals surface area contributed by atoms with E-state index in [2.05, 4.69) is 0 Å². The number of hydrogen-bond acceptors (Lipinski definition) is 2. The third-order valence-electron chi connectivity index (χ3n) is 1.52. The van der Waals surface area contributed by atoms with Gasteiger partial charge in [-0.3, -0.25) is 4.79 Å². The van der Waals surface area contributed by atoms with E-state index in [4.69, 9.17) is 11.6 Å². The molecule has 0 fully saturated rings. The quantitative estimate of drug-likeness (QED) is 0.566. The number of halogens is 1. The molecule has 0 N–H and O–H groups in total. The van der Waals surface area contributed by atoms with Gasteiger partial charge in [-0.15, -0.1) is 11.6 Å². The highest BCUT2D eigenvalue weighted by Crippen LogP contribution is 2.12. The molecule has 0 heterocycles. The average molecular weight is 215 g/mol. The van der Waals surface area contributed by atoms with Gasteiger partial charge < -0.3 is 0 Å². The van der Waals surface area contributed by atoms with Crippen molar-refractivity contribution in [2.75, 3.05) is 11.6 Å². The van der Waals surface area contributed by atoms with Crippen LogP contribution in [0.25, 0.3) is 0 Å². The summed E-state index contributed by atoms with van der Waals surface area (Å²) in [6, 6.07) is 9.30. The van der Waals surface area contributed by atoms with Crippen LogP contribution < -0.4 is 0 Å². The van der Waals surface area contributed by atoms with Crippen LogP contribution in [0.5, 0.6) is 0 Å². The lowest BCUT2D eigenvalue weighted by molar-refractivity contribution is 0.108. The lowest BCUT2D eigenvalue weighted by atomic mass is 10.2. The van der Waals surface area contributed by atoms with Crippen molar-refractivity contribution >= 4 is 28.5 Å². The van der Waals surface area contributed by atoms with E-state index in [1.807, 2.05) is 30.3 Å². The summed E-state index contributed by atoms with van der Waals surface area (Å²) in [4.78, 5) is 11.4. The molecule has 0 saturated carbocycles. The van der Waals surface area contributed by atoms with Gasteiger partial charge in [0, 0.05) is 17.2 Å². The molecule has 0 atom stereocenters. The maximum absolute atomic E-state index is 11.4. The van der Waals surface area contributed by atoms with Crippen LogP contribution in [0.15, 0.2) is 30.3 Å². The second-order valence-electron chi connectivity index (χ2n) is 2.54. The Hall–Kier alpha value is -0.470. The van der Waals surface area contributed by atoms with E-state index < -0.39 is 0 Å². The Morgan fingerprint density at radius 3 is 2.62 bits per heavy atom.